The topological polar surface area (TPSA) is 83.9 Å². The van der Waals surface area contributed by atoms with Gasteiger partial charge in [-0.25, -0.2) is 0 Å². The van der Waals surface area contributed by atoms with E-state index in [-0.39, 0.29) is 31.1 Å². The number of rotatable bonds is 9. The van der Waals surface area contributed by atoms with Gasteiger partial charge in [0.1, 0.15) is 0 Å². The number of unbranched alkanes of at least 4 members (excludes halogenated alkanes) is 3. The molecule has 1 aliphatic rings. The number of amides is 2. The van der Waals surface area contributed by atoms with Gasteiger partial charge in [0.15, 0.2) is 0 Å². The molecule has 1 atom stereocenters. The lowest BCUT2D eigenvalue weighted by atomic mass is 10.1. The number of nitrogens with zero attached hydrogens (tertiary/aromatic N) is 1. The number of hydrogen-bond donors (Lipinski definition) is 1. The maximum atomic E-state index is 12.1. The van der Waals surface area contributed by atoms with Crippen LogP contribution in [0, 0.1) is 0 Å². The highest BCUT2D eigenvalue weighted by Crippen LogP contribution is 2.42. The summed E-state index contributed by atoms with van der Waals surface area (Å²) in [6, 6.07) is 6.59. The van der Waals surface area contributed by atoms with Gasteiger partial charge in [-0.05, 0) is 18.6 Å². The van der Waals surface area contributed by atoms with Crippen molar-refractivity contribution in [3.63, 3.8) is 0 Å². The monoisotopic (exact) mass is 339 g/mol. The van der Waals surface area contributed by atoms with E-state index in [1.165, 1.54) is 0 Å². The van der Waals surface area contributed by atoms with E-state index in [1.54, 1.807) is 24.3 Å². The van der Waals surface area contributed by atoms with Crippen LogP contribution in [0.5, 0.6) is 0 Å². The van der Waals surface area contributed by atoms with Gasteiger partial charge in [0.25, 0.3) is 11.8 Å². The molecule has 1 unspecified atom stereocenters. The minimum atomic E-state index is -3.65. The van der Waals surface area contributed by atoms with Crippen molar-refractivity contribution >= 4 is 19.4 Å². The zero-order valence-electron chi connectivity index (χ0n) is 13.2. The van der Waals surface area contributed by atoms with E-state index in [2.05, 4.69) is 6.92 Å². The van der Waals surface area contributed by atoms with Gasteiger partial charge in [0.05, 0.1) is 24.3 Å². The van der Waals surface area contributed by atoms with Crippen LogP contribution in [0.3, 0.4) is 0 Å². The van der Waals surface area contributed by atoms with Crippen molar-refractivity contribution < 1.29 is 23.6 Å². The molecule has 0 bridgehead atoms. The van der Waals surface area contributed by atoms with Crippen LogP contribution >= 0.6 is 7.60 Å². The summed E-state index contributed by atoms with van der Waals surface area (Å²) >= 11 is 0. The SMILES string of the molecule is CCCCCCP(=O)(O)OCCN1C(=O)c2ccccc2C1=O. The molecule has 0 saturated carbocycles. The first kappa shape index (κ1) is 17.9. The Hall–Kier alpha value is -1.49. The van der Waals surface area contributed by atoms with Crippen molar-refractivity contribution in [3.05, 3.63) is 35.4 Å². The summed E-state index contributed by atoms with van der Waals surface area (Å²) in [5, 5.41) is 0. The maximum absolute atomic E-state index is 12.1. The predicted octanol–water partition coefficient (Wildman–Crippen LogP) is 3.06. The molecule has 2 amide bonds. The number of imide groups is 1. The van der Waals surface area contributed by atoms with Gasteiger partial charge in [-0.15, -0.1) is 0 Å². The Bertz CT molecular complexity index is 596. The normalized spacial score (nSPS) is 16.5. The molecular weight excluding hydrogens is 317 g/mol. The molecule has 1 heterocycles. The molecular formula is C16H22NO5P. The summed E-state index contributed by atoms with van der Waals surface area (Å²) in [4.78, 5) is 35.0. The van der Waals surface area contributed by atoms with Gasteiger partial charge in [-0.1, -0.05) is 38.3 Å². The number of carbonyl (C=O) groups is 2. The van der Waals surface area contributed by atoms with Gasteiger partial charge < -0.3 is 9.42 Å². The number of hydrogen-bond acceptors (Lipinski definition) is 4. The van der Waals surface area contributed by atoms with E-state index in [4.69, 9.17) is 4.52 Å². The van der Waals surface area contributed by atoms with Crippen LogP contribution in [0.1, 0.15) is 53.3 Å². The molecule has 0 saturated heterocycles. The summed E-state index contributed by atoms with van der Waals surface area (Å²) in [5.74, 6) is -0.769. The minimum absolute atomic E-state index is 0.0220. The highest BCUT2D eigenvalue weighted by atomic mass is 31.2. The summed E-state index contributed by atoms with van der Waals surface area (Å²) in [6.07, 6.45) is 3.71. The van der Waals surface area contributed by atoms with Crippen LogP contribution in [0.2, 0.25) is 0 Å². The van der Waals surface area contributed by atoms with Crippen molar-refractivity contribution in [1.29, 1.82) is 0 Å². The number of benzene rings is 1. The molecule has 1 aromatic rings. The molecule has 0 aliphatic carbocycles. The second-order valence-electron chi connectivity index (χ2n) is 5.56. The van der Waals surface area contributed by atoms with E-state index in [9.17, 15) is 19.0 Å². The smallest absolute Gasteiger partial charge is 0.324 e. The van der Waals surface area contributed by atoms with Gasteiger partial charge in [-0.2, -0.15) is 0 Å². The van der Waals surface area contributed by atoms with Crippen LogP contribution in [-0.4, -0.2) is 40.9 Å². The molecule has 2 rings (SSSR count). The summed E-state index contributed by atoms with van der Waals surface area (Å²) in [5.41, 5.74) is 0.730. The van der Waals surface area contributed by atoms with E-state index in [0.717, 1.165) is 24.2 Å². The Balaban J connectivity index is 1.82. The molecule has 0 spiro atoms. The van der Waals surface area contributed by atoms with Crippen molar-refractivity contribution in [2.24, 2.45) is 0 Å². The van der Waals surface area contributed by atoms with E-state index in [1.807, 2.05) is 0 Å². The first-order chi connectivity index (χ1) is 11.0. The Labute approximate surface area is 136 Å². The van der Waals surface area contributed by atoms with Gasteiger partial charge in [-0.3, -0.25) is 19.1 Å². The fourth-order valence-corrected chi connectivity index (χ4v) is 3.64. The van der Waals surface area contributed by atoms with Gasteiger partial charge in [0.2, 0.25) is 0 Å². The van der Waals surface area contributed by atoms with Gasteiger partial charge >= 0.3 is 7.60 Å². The van der Waals surface area contributed by atoms with E-state index in [0.29, 0.717) is 17.5 Å². The molecule has 0 aromatic heterocycles. The number of carbonyl (C=O) groups excluding carboxylic acids is 2. The average molecular weight is 339 g/mol. The second kappa shape index (κ2) is 7.86. The van der Waals surface area contributed by atoms with E-state index >= 15 is 0 Å². The third-order valence-electron chi connectivity index (χ3n) is 3.78. The molecule has 23 heavy (non-hydrogen) atoms. The zero-order chi connectivity index (χ0) is 16.9. The standard InChI is InChI=1S/C16H22NO5P/c1-2-3-4-7-12-23(20,21)22-11-10-17-15(18)13-8-5-6-9-14(13)16(17)19/h5-6,8-9H,2-4,7,10-12H2,1H3,(H,20,21). The zero-order valence-corrected chi connectivity index (χ0v) is 14.1. The molecule has 6 nitrogen and oxygen atoms in total. The maximum Gasteiger partial charge on any atom is 0.328 e. The molecule has 1 aromatic carbocycles. The van der Waals surface area contributed by atoms with E-state index < -0.39 is 7.60 Å². The lowest BCUT2D eigenvalue weighted by Gasteiger charge is -2.16. The van der Waals surface area contributed by atoms with Crippen LogP contribution in [0.25, 0.3) is 0 Å². The second-order valence-corrected chi connectivity index (χ2v) is 7.54. The molecule has 7 heteroatoms. The first-order valence-corrected chi connectivity index (χ1v) is 9.64. The van der Waals surface area contributed by atoms with Crippen molar-refractivity contribution in [2.45, 2.75) is 32.6 Å². The van der Waals surface area contributed by atoms with Gasteiger partial charge in [0, 0.05) is 6.16 Å². The fraction of sp³-hybridized carbons (Fsp3) is 0.500. The van der Waals surface area contributed by atoms with Crippen molar-refractivity contribution in [3.8, 4) is 0 Å². The lowest BCUT2D eigenvalue weighted by Crippen LogP contribution is -2.32. The third-order valence-corrected chi connectivity index (χ3v) is 5.25. The first-order valence-electron chi connectivity index (χ1n) is 7.88. The largest absolute Gasteiger partial charge is 0.328 e. The van der Waals surface area contributed by atoms with Crippen LogP contribution in [-0.2, 0) is 9.09 Å². The highest BCUT2D eigenvalue weighted by molar-refractivity contribution is 7.52. The van der Waals surface area contributed by atoms with Crippen molar-refractivity contribution in [2.75, 3.05) is 19.3 Å². The van der Waals surface area contributed by atoms with Crippen LogP contribution in [0.4, 0.5) is 0 Å². The fourth-order valence-electron chi connectivity index (χ4n) is 2.52. The predicted molar refractivity (Wildman–Crippen MR) is 86.6 cm³/mol. The van der Waals surface area contributed by atoms with Crippen LogP contribution < -0.4 is 0 Å². The van der Waals surface area contributed by atoms with Crippen molar-refractivity contribution in [1.82, 2.24) is 4.90 Å². The molecule has 0 fully saturated rings. The highest BCUT2D eigenvalue weighted by Gasteiger charge is 2.35. The third kappa shape index (κ3) is 4.50. The molecule has 1 aliphatic heterocycles. The lowest BCUT2D eigenvalue weighted by molar-refractivity contribution is 0.0626. The Morgan fingerprint density at radius 3 is 2.26 bits per heavy atom. The Kier molecular flexibility index (Phi) is 6.10. The Morgan fingerprint density at radius 2 is 1.70 bits per heavy atom. The molecule has 1 N–H and O–H groups in total. The Morgan fingerprint density at radius 1 is 1.09 bits per heavy atom. The quantitative estimate of drug-likeness (QED) is 0.425. The summed E-state index contributed by atoms with van der Waals surface area (Å²) in [6.45, 7) is 1.91. The number of fused-ring (bicyclic) bond motifs is 1. The average Bonchev–Trinajstić information content (AvgIpc) is 2.77. The minimum Gasteiger partial charge on any atom is -0.324 e. The summed E-state index contributed by atoms with van der Waals surface area (Å²) in [7, 11) is -3.65. The summed E-state index contributed by atoms with van der Waals surface area (Å²) < 4.78 is 16.9. The molecule has 126 valence electrons. The molecule has 0 radical (unpaired) electrons. The van der Waals surface area contributed by atoms with Crippen LogP contribution in [0.15, 0.2) is 24.3 Å².